The van der Waals surface area contributed by atoms with E-state index in [4.69, 9.17) is 18.9 Å². The molecule has 3 unspecified atom stereocenters. The highest BCUT2D eigenvalue weighted by Gasteiger charge is 2.41. The Morgan fingerprint density at radius 3 is 2.30 bits per heavy atom. The van der Waals surface area contributed by atoms with Crippen molar-refractivity contribution in [1.82, 2.24) is 0 Å². The zero-order valence-corrected chi connectivity index (χ0v) is 12.9. The first kappa shape index (κ1) is 15.0. The Morgan fingerprint density at radius 1 is 1.10 bits per heavy atom. The summed E-state index contributed by atoms with van der Waals surface area (Å²) in [5.74, 6) is 2.57. The maximum absolute atomic E-state index is 5.68. The Hall–Kier alpha value is -1.42. The van der Waals surface area contributed by atoms with Gasteiger partial charge in [0, 0.05) is 0 Å². The summed E-state index contributed by atoms with van der Waals surface area (Å²) in [5.41, 5.74) is 1.13. The molecule has 112 valence electrons. The van der Waals surface area contributed by atoms with E-state index in [0.29, 0.717) is 29.6 Å². The van der Waals surface area contributed by atoms with Gasteiger partial charge in [-0.1, -0.05) is 19.9 Å². The molecule has 1 heterocycles. The molecule has 1 saturated heterocycles. The van der Waals surface area contributed by atoms with Crippen LogP contribution in [0.4, 0.5) is 0 Å². The second kappa shape index (κ2) is 6.35. The van der Waals surface area contributed by atoms with E-state index in [-0.39, 0.29) is 0 Å². The average Bonchev–Trinajstić information content (AvgIpc) is 3.26. The van der Waals surface area contributed by atoms with Gasteiger partial charge in [0.1, 0.15) is 0 Å². The molecule has 4 heteroatoms. The number of benzene rings is 1. The molecule has 4 nitrogen and oxygen atoms in total. The van der Waals surface area contributed by atoms with E-state index in [1.165, 1.54) is 0 Å². The molecule has 1 aliphatic rings. The highest BCUT2D eigenvalue weighted by atomic mass is 16.6. The molecule has 1 fully saturated rings. The van der Waals surface area contributed by atoms with Gasteiger partial charge >= 0.3 is 0 Å². The third-order valence-electron chi connectivity index (χ3n) is 3.91. The zero-order valence-electron chi connectivity index (χ0n) is 12.9. The summed E-state index contributed by atoms with van der Waals surface area (Å²) in [6, 6.07) is 3.97. The molecule has 20 heavy (non-hydrogen) atoms. The van der Waals surface area contributed by atoms with Crippen molar-refractivity contribution in [2.45, 2.75) is 38.9 Å². The fourth-order valence-electron chi connectivity index (χ4n) is 2.77. The van der Waals surface area contributed by atoms with Crippen LogP contribution in [0.5, 0.6) is 17.2 Å². The molecule has 0 aliphatic carbocycles. The van der Waals surface area contributed by atoms with Crippen molar-refractivity contribution in [3.05, 3.63) is 17.7 Å². The van der Waals surface area contributed by atoms with Gasteiger partial charge in [-0.05, 0) is 30.4 Å². The van der Waals surface area contributed by atoms with Gasteiger partial charge in [0.2, 0.25) is 5.75 Å². The van der Waals surface area contributed by atoms with Crippen LogP contribution < -0.4 is 14.2 Å². The molecular formula is C16H24O4. The highest BCUT2D eigenvalue weighted by molar-refractivity contribution is 5.55. The van der Waals surface area contributed by atoms with Crippen LogP contribution in [0.15, 0.2) is 12.1 Å². The minimum absolute atomic E-state index is 0.373. The molecule has 0 spiro atoms. The van der Waals surface area contributed by atoms with Gasteiger partial charge in [-0.2, -0.15) is 0 Å². The first-order valence-electron chi connectivity index (χ1n) is 7.09. The fourth-order valence-corrected chi connectivity index (χ4v) is 2.77. The molecule has 1 aromatic rings. The van der Waals surface area contributed by atoms with E-state index in [0.717, 1.165) is 24.2 Å². The van der Waals surface area contributed by atoms with E-state index in [9.17, 15) is 0 Å². The molecule has 0 saturated carbocycles. The SMILES string of the molecule is CCC1OC1C(C)Cc1ccc(OC)c(OC)c1OC. The number of methoxy groups -OCH3 is 3. The lowest BCUT2D eigenvalue weighted by Gasteiger charge is -2.17. The summed E-state index contributed by atoms with van der Waals surface area (Å²) >= 11 is 0. The Kier molecular flexibility index (Phi) is 4.76. The van der Waals surface area contributed by atoms with Crippen LogP contribution >= 0.6 is 0 Å². The van der Waals surface area contributed by atoms with E-state index in [2.05, 4.69) is 13.8 Å². The minimum atomic E-state index is 0.373. The molecule has 0 amide bonds. The second-order valence-electron chi connectivity index (χ2n) is 5.22. The lowest BCUT2D eigenvalue weighted by molar-refractivity contribution is 0.311. The normalized spacial score (nSPS) is 22.2. The van der Waals surface area contributed by atoms with Crippen molar-refractivity contribution in [2.75, 3.05) is 21.3 Å². The summed E-state index contributed by atoms with van der Waals surface area (Å²) in [5, 5.41) is 0. The quantitative estimate of drug-likeness (QED) is 0.720. The van der Waals surface area contributed by atoms with Gasteiger partial charge in [-0.3, -0.25) is 0 Å². The van der Waals surface area contributed by atoms with Crippen molar-refractivity contribution in [1.29, 1.82) is 0 Å². The van der Waals surface area contributed by atoms with Crippen LogP contribution in [0.3, 0.4) is 0 Å². The zero-order chi connectivity index (χ0) is 14.7. The first-order chi connectivity index (χ1) is 9.65. The minimum Gasteiger partial charge on any atom is -0.493 e. The summed E-state index contributed by atoms with van der Waals surface area (Å²) in [4.78, 5) is 0. The van der Waals surface area contributed by atoms with Crippen LogP contribution in [-0.4, -0.2) is 33.5 Å². The van der Waals surface area contributed by atoms with E-state index in [1.807, 2.05) is 12.1 Å². The van der Waals surface area contributed by atoms with Crippen molar-refractivity contribution in [3.63, 3.8) is 0 Å². The molecule has 0 N–H and O–H groups in total. The average molecular weight is 280 g/mol. The number of hydrogen-bond acceptors (Lipinski definition) is 4. The highest BCUT2D eigenvalue weighted by Crippen LogP contribution is 2.42. The van der Waals surface area contributed by atoms with Crippen LogP contribution in [0.1, 0.15) is 25.8 Å². The topological polar surface area (TPSA) is 40.2 Å². The summed E-state index contributed by atoms with van der Waals surface area (Å²) in [6.45, 7) is 4.38. The first-order valence-corrected chi connectivity index (χ1v) is 7.09. The van der Waals surface area contributed by atoms with Gasteiger partial charge in [-0.15, -0.1) is 0 Å². The third-order valence-corrected chi connectivity index (χ3v) is 3.91. The van der Waals surface area contributed by atoms with Crippen molar-refractivity contribution < 1.29 is 18.9 Å². The Bertz CT molecular complexity index is 458. The second-order valence-corrected chi connectivity index (χ2v) is 5.22. The van der Waals surface area contributed by atoms with Crippen molar-refractivity contribution in [3.8, 4) is 17.2 Å². The van der Waals surface area contributed by atoms with Crippen LogP contribution in [0, 0.1) is 5.92 Å². The third kappa shape index (κ3) is 2.85. The van der Waals surface area contributed by atoms with Gasteiger partial charge in [-0.25, -0.2) is 0 Å². The van der Waals surface area contributed by atoms with Crippen LogP contribution in [-0.2, 0) is 11.2 Å². The molecule has 1 aliphatic heterocycles. The maximum atomic E-state index is 5.68. The number of ether oxygens (including phenoxy) is 4. The standard InChI is InChI=1S/C16H24O4/c1-6-12-14(20-12)10(2)9-11-7-8-13(17-3)16(19-5)15(11)18-4/h7-8,10,12,14H,6,9H2,1-5H3. The monoisotopic (exact) mass is 280 g/mol. The molecular weight excluding hydrogens is 256 g/mol. The number of rotatable bonds is 7. The van der Waals surface area contributed by atoms with Crippen LogP contribution in [0.25, 0.3) is 0 Å². The summed E-state index contributed by atoms with van der Waals surface area (Å²) < 4.78 is 21.9. The van der Waals surface area contributed by atoms with Gasteiger partial charge in [0.15, 0.2) is 11.5 Å². The van der Waals surface area contributed by atoms with Crippen molar-refractivity contribution >= 4 is 0 Å². The van der Waals surface area contributed by atoms with E-state index in [1.54, 1.807) is 21.3 Å². The van der Waals surface area contributed by atoms with E-state index >= 15 is 0 Å². The predicted octanol–water partition coefficient (Wildman–Crippen LogP) is 3.07. The summed E-state index contributed by atoms with van der Waals surface area (Å²) in [6.07, 6.45) is 2.79. The lowest BCUT2D eigenvalue weighted by Crippen LogP contribution is -2.11. The molecule has 2 rings (SSSR count). The fraction of sp³-hybridized carbons (Fsp3) is 0.625. The Morgan fingerprint density at radius 2 is 1.80 bits per heavy atom. The number of epoxide rings is 1. The van der Waals surface area contributed by atoms with E-state index < -0.39 is 0 Å². The smallest absolute Gasteiger partial charge is 0.203 e. The Labute approximate surface area is 121 Å². The number of hydrogen-bond donors (Lipinski definition) is 0. The molecule has 1 aromatic carbocycles. The predicted molar refractivity (Wildman–Crippen MR) is 77.9 cm³/mol. The van der Waals surface area contributed by atoms with Gasteiger partial charge in [0.05, 0.1) is 33.5 Å². The largest absolute Gasteiger partial charge is 0.493 e. The maximum Gasteiger partial charge on any atom is 0.203 e. The van der Waals surface area contributed by atoms with Gasteiger partial charge < -0.3 is 18.9 Å². The molecule has 0 radical (unpaired) electrons. The Balaban J connectivity index is 2.19. The molecule has 3 atom stereocenters. The summed E-state index contributed by atoms with van der Waals surface area (Å²) in [7, 11) is 4.92. The van der Waals surface area contributed by atoms with Crippen LogP contribution in [0.2, 0.25) is 0 Å². The van der Waals surface area contributed by atoms with Gasteiger partial charge in [0.25, 0.3) is 0 Å². The lowest BCUT2D eigenvalue weighted by atomic mass is 9.95. The van der Waals surface area contributed by atoms with Crippen molar-refractivity contribution in [2.24, 2.45) is 5.92 Å². The molecule has 0 aromatic heterocycles. The molecule has 0 bridgehead atoms.